The smallest absolute Gasteiger partial charge is 0.255 e. The van der Waals surface area contributed by atoms with Crippen LogP contribution < -0.4 is 0 Å². The van der Waals surface area contributed by atoms with Crippen LogP contribution in [0.4, 0.5) is 17.6 Å². The van der Waals surface area contributed by atoms with E-state index in [1.807, 2.05) is 0 Å². The topological polar surface area (TPSA) is 30.7 Å². The van der Waals surface area contributed by atoms with Crippen LogP contribution in [0.5, 0.6) is 0 Å². The van der Waals surface area contributed by atoms with Crippen molar-refractivity contribution in [3.63, 3.8) is 0 Å². The summed E-state index contributed by atoms with van der Waals surface area (Å²) in [7, 11) is 0. The number of alkyl halides is 2. The molecule has 3 aromatic rings. The zero-order valence-corrected chi connectivity index (χ0v) is 12.9. The van der Waals surface area contributed by atoms with Gasteiger partial charge in [0.25, 0.3) is 0 Å². The van der Waals surface area contributed by atoms with E-state index in [0.29, 0.717) is 20.2 Å². The summed E-state index contributed by atoms with van der Waals surface area (Å²) in [4.78, 5) is 0. The molecule has 23 heavy (non-hydrogen) atoms. The number of hydrogen-bond acceptors (Lipinski definition) is 2. The zero-order valence-electron chi connectivity index (χ0n) is 11.4. The first-order chi connectivity index (χ1) is 11.0. The van der Waals surface area contributed by atoms with Crippen LogP contribution >= 0.6 is 15.9 Å². The van der Waals surface area contributed by atoms with E-state index in [1.165, 1.54) is 24.3 Å². The van der Waals surface area contributed by atoms with Gasteiger partial charge in [0.1, 0.15) is 18.0 Å². The zero-order chi connectivity index (χ0) is 16.6. The normalized spacial score (nSPS) is 11.2. The molecular formula is C15H8BrF4N3. The van der Waals surface area contributed by atoms with Crippen molar-refractivity contribution in [1.82, 2.24) is 14.8 Å². The highest BCUT2D eigenvalue weighted by molar-refractivity contribution is 9.10. The van der Waals surface area contributed by atoms with Crippen LogP contribution in [-0.2, 0) is 0 Å². The van der Waals surface area contributed by atoms with E-state index in [-0.39, 0.29) is 11.4 Å². The van der Waals surface area contributed by atoms with Gasteiger partial charge in [-0.25, -0.2) is 8.78 Å². The third-order valence-electron chi connectivity index (χ3n) is 3.18. The highest BCUT2D eigenvalue weighted by Gasteiger charge is 2.19. The first-order valence-electron chi connectivity index (χ1n) is 6.40. The van der Waals surface area contributed by atoms with Crippen molar-refractivity contribution >= 4 is 15.9 Å². The van der Waals surface area contributed by atoms with Crippen LogP contribution in [0.1, 0.15) is 6.55 Å². The van der Waals surface area contributed by atoms with Crippen LogP contribution in [0.15, 0.2) is 47.2 Å². The lowest BCUT2D eigenvalue weighted by molar-refractivity contribution is 0.0716. The monoisotopic (exact) mass is 385 g/mol. The molecule has 1 aromatic heterocycles. The van der Waals surface area contributed by atoms with Crippen molar-refractivity contribution in [2.45, 2.75) is 6.55 Å². The molecule has 2 aromatic carbocycles. The number of rotatable bonds is 3. The molecule has 0 aliphatic carbocycles. The van der Waals surface area contributed by atoms with E-state index in [0.717, 1.165) is 12.4 Å². The molecule has 0 radical (unpaired) electrons. The van der Waals surface area contributed by atoms with Crippen LogP contribution in [0, 0.1) is 11.6 Å². The maximum Gasteiger partial charge on any atom is 0.321 e. The second kappa shape index (κ2) is 6.11. The maximum absolute atomic E-state index is 13.6. The third kappa shape index (κ3) is 3.12. The molecule has 0 saturated carbocycles. The molecule has 0 saturated heterocycles. The molecule has 3 rings (SSSR count). The first kappa shape index (κ1) is 15.7. The Hall–Kier alpha value is -2.22. The second-order valence-electron chi connectivity index (χ2n) is 4.69. The molecule has 118 valence electrons. The predicted molar refractivity (Wildman–Crippen MR) is 79.8 cm³/mol. The third-order valence-corrected chi connectivity index (χ3v) is 3.64. The fraction of sp³-hybridized carbons (Fsp3) is 0.0667. The van der Waals surface area contributed by atoms with Gasteiger partial charge in [-0.3, -0.25) is 4.57 Å². The van der Waals surface area contributed by atoms with Crippen molar-refractivity contribution in [3.8, 4) is 22.5 Å². The van der Waals surface area contributed by atoms with Crippen LogP contribution in [0.3, 0.4) is 0 Å². The molecule has 0 amide bonds. The summed E-state index contributed by atoms with van der Waals surface area (Å²) >= 11 is 3.17. The second-order valence-corrected chi connectivity index (χ2v) is 5.60. The number of benzene rings is 2. The minimum absolute atomic E-state index is 0.0975. The molecule has 0 unspecified atom stereocenters. The van der Waals surface area contributed by atoms with Gasteiger partial charge in [-0.1, -0.05) is 22.0 Å². The fourth-order valence-corrected chi connectivity index (χ4v) is 2.71. The molecule has 0 bridgehead atoms. The van der Waals surface area contributed by atoms with E-state index >= 15 is 0 Å². The highest BCUT2D eigenvalue weighted by Crippen LogP contribution is 2.34. The van der Waals surface area contributed by atoms with Gasteiger partial charge in [-0.15, -0.1) is 10.2 Å². The molecule has 0 N–H and O–H groups in total. The summed E-state index contributed by atoms with van der Waals surface area (Å²) in [5, 5.41) is 7.09. The first-order valence-corrected chi connectivity index (χ1v) is 7.19. The number of halogens is 5. The summed E-state index contributed by atoms with van der Waals surface area (Å²) < 4.78 is 54.3. The van der Waals surface area contributed by atoms with Crippen molar-refractivity contribution in [2.75, 3.05) is 0 Å². The summed E-state index contributed by atoms with van der Waals surface area (Å²) in [6.45, 7) is -2.88. The Balaban J connectivity index is 2.25. The van der Waals surface area contributed by atoms with Gasteiger partial charge in [0, 0.05) is 10.0 Å². The number of aromatic nitrogens is 3. The van der Waals surface area contributed by atoms with Gasteiger partial charge >= 0.3 is 6.55 Å². The number of nitrogens with zero attached hydrogens (tertiary/aromatic N) is 3. The van der Waals surface area contributed by atoms with Gasteiger partial charge in [0.05, 0.1) is 0 Å². The van der Waals surface area contributed by atoms with E-state index in [2.05, 4.69) is 26.1 Å². The minimum atomic E-state index is -2.88. The summed E-state index contributed by atoms with van der Waals surface area (Å²) in [6.07, 6.45) is 0.857. The van der Waals surface area contributed by atoms with Gasteiger partial charge < -0.3 is 0 Å². The van der Waals surface area contributed by atoms with Gasteiger partial charge in [-0.2, -0.15) is 8.78 Å². The molecule has 8 heteroatoms. The minimum Gasteiger partial charge on any atom is -0.255 e. The van der Waals surface area contributed by atoms with Crippen molar-refractivity contribution in [3.05, 3.63) is 58.8 Å². The lowest BCUT2D eigenvalue weighted by Gasteiger charge is -2.11. The van der Waals surface area contributed by atoms with E-state index in [1.54, 1.807) is 6.07 Å². The lowest BCUT2D eigenvalue weighted by Crippen LogP contribution is -2.01. The van der Waals surface area contributed by atoms with Crippen LogP contribution in [0.25, 0.3) is 22.5 Å². The molecule has 0 atom stereocenters. The summed E-state index contributed by atoms with van der Waals surface area (Å²) in [5.74, 6) is -1.34. The number of hydrogen-bond donors (Lipinski definition) is 0. The fourth-order valence-electron chi connectivity index (χ4n) is 2.24. The quantitative estimate of drug-likeness (QED) is 0.590. The van der Waals surface area contributed by atoms with Crippen molar-refractivity contribution in [2.24, 2.45) is 0 Å². The van der Waals surface area contributed by atoms with Crippen LogP contribution in [0.2, 0.25) is 0 Å². The summed E-state index contributed by atoms with van der Waals surface area (Å²) in [6, 6.07) is 7.70. The Labute approximate surface area is 136 Å². The predicted octanol–water partition coefficient (Wildman–Crippen LogP) is 5.05. The molecule has 3 nitrogen and oxygen atoms in total. The Morgan fingerprint density at radius 1 is 0.957 bits per heavy atom. The van der Waals surface area contributed by atoms with Crippen molar-refractivity contribution in [1.29, 1.82) is 0 Å². The Bertz CT molecular complexity index is 843. The van der Waals surface area contributed by atoms with Crippen LogP contribution in [-0.4, -0.2) is 14.8 Å². The molecule has 0 aliphatic heterocycles. The molecule has 0 aliphatic rings. The Morgan fingerprint density at radius 2 is 1.74 bits per heavy atom. The molecule has 1 heterocycles. The van der Waals surface area contributed by atoms with Gasteiger partial charge in [-0.05, 0) is 41.5 Å². The highest BCUT2D eigenvalue weighted by atomic mass is 79.9. The Morgan fingerprint density at radius 3 is 2.43 bits per heavy atom. The van der Waals surface area contributed by atoms with E-state index in [9.17, 15) is 17.6 Å². The lowest BCUT2D eigenvalue weighted by atomic mass is 9.99. The molecular weight excluding hydrogens is 378 g/mol. The average molecular weight is 386 g/mol. The maximum atomic E-state index is 13.6. The van der Waals surface area contributed by atoms with Gasteiger partial charge in [0.15, 0.2) is 5.82 Å². The average Bonchev–Trinajstić information content (AvgIpc) is 2.95. The Kier molecular flexibility index (Phi) is 4.16. The van der Waals surface area contributed by atoms with E-state index in [4.69, 9.17) is 0 Å². The van der Waals surface area contributed by atoms with Gasteiger partial charge in [0.2, 0.25) is 0 Å². The summed E-state index contributed by atoms with van der Waals surface area (Å²) in [5.41, 5.74) is 0.859. The standard InChI is InChI=1S/C15H8BrF4N3/c16-9-3-8(4-11(18)5-9)12-2-1-10(17)6-13(12)14-22-21-7-23(14)15(19)20/h1-7,15H. The molecule has 0 spiro atoms. The SMILES string of the molecule is Fc1cc(Br)cc(-c2ccc(F)cc2-c2nncn2C(F)F)c1. The van der Waals surface area contributed by atoms with E-state index < -0.39 is 18.2 Å². The largest absolute Gasteiger partial charge is 0.321 e. The molecule has 0 fully saturated rings. The van der Waals surface area contributed by atoms with Crippen molar-refractivity contribution < 1.29 is 17.6 Å².